The van der Waals surface area contributed by atoms with Crippen molar-refractivity contribution >= 4 is 10.8 Å². The van der Waals surface area contributed by atoms with Crippen LogP contribution in [0.25, 0.3) is 33.0 Å². The van der Waals surface area contributed by atoms with E-state index in [0.29, 0.717) is 0 Å². The summed E-state index contributed by atoms with van der Waals surface area (Å²) in [6, 6.07) is 37.5. The molecule has 0 atom stereocenters. The van der Waals surface area contributed by atoms with Crippen LogP contribution in [0.5, 0.6) is 0 Å². The predicted octanol–water partition coefficient (Wildman–Crippen LogP) is 9.47. The minimum atomic E-state index is 0. The molecule has 0 heterocycles. The predicted molar refractivity (Wildman–Crippen MR) is 136 cm³/mol. The van der Waals surface area contributed by atoms with Gasteiger partial charge in [-0.25, -0.2) is 22.3 Å². The topological polar surface area (TPSA) is 0 Å². The van der Waals surface area contributed by atoms with Crippen LogP contribution in [-0.4, -0.2) is 0 Å². The van der Waals surface area contributed by atoms with E-state index in [2.05, 4.69) is 48.5 Å². The Morgan fingerprint density at radius 1 is 0.429 bits per heavy atom. The van der Waals surface area contributed by atoms with Crippen molar-refractivity contribution in [1.82, 2.24) is 0 Å². The molecular formula is C30H36Y5-4. The second kappa shape index (κ2) is 34.7. The summed E-state index contributed by atoms with van der Waals surface area (Å²) in [4.78, 5) is 0. The molecule has 4 aromatic rings. The van der Waals surface area contributed by atoms with Gasteiger partial charge in [0.15, 0.2) is 0 Å². The van der Waals surface area contributed by atoms with Gasteiger partial charge in [0.25, 0.3) is 0 Å². The van der Waals surface area contributed by atoms with Crippen molar-refractivity contribution in [1.29, 1.82) is 0 Å². The summed E-state index contributed by atoms with van der Waals surface area (Å²) in [6.45, 7) is 16.0. The first-order valence-electron chi connectivity index (χ1n) is 11.2. The van der Waals surface area contributed by atoms with E-state index in [4.69, 9.17) is 0 Å². The van der Waals surface area contributed by atoms with Crippen molar-refractivity contribution < 1.29 is 164 Å². The molecule has 0 amide bonds. The first-order chi connectivity index (χ1) is 14.9. The molecule has 4 rings (SSSR count). The van der Waals surface area contributed by atoms with Crippen LogP contribution in [0.15, 0.2) is 72.8 Å². The first kappa shape index (κ1) is 50.5. The normalized spacial score (nSPS) is 7.43. The van der Waals surface area contributed by atoms with Crippen LogP contribution in [0.3, 0.4) is 0 Å². The van der Waals surface area contributed by atoms with Crippen LogP contribution < -0.4 is 0 Å². The van der Waals surface area contributed by atoms with E-state index in [1.165, 1.54) is 0 Å². The average molecular weight is 841 g/mol. The van der Waals surface area contributed by atoms with Crippen LogP contribution in [0, 0.1) is 24.3 Å². The van der Waals surface area contributed by atoms with E-state index >= 15 is 0 Å². The van der Waals surface area contributed by atoms with Crippen molar-refractivity contribution in [3.63, 3.8) is 0 Å². The average Bonchev–Trinajstić information content (AvgIpc) is 2.89. The van der Waals surface area contributed by atoms with Crippen LogP contribution >= 0.6 is 0 Å². The maximum Gasteiger partial charge on any atom is 0 e. The molecule has 0 spiro atoms. The Hall–Kier alpha value is 2.66. The maximum atomic E-state index is 3.49. The van der Waals surface area contributed by atoms with E-state index in [1.54, 1.807) is 0 Å². The third kappa shape index (κ3) is 17.9. The smallest absolute Gasteiger partial charge is 0 e. The molecule has 35 heavy (non-hydrogen) atoms. The van der Waals surface area contributed by atoms with Gasteiger partial charge in [-0.15, -0.1) is 24.3 Å². The minimum Gasteiger partial charge on any atom is -0.226 e. The van der Waals surface area contributed by atoms with Gasteiger partial charge in [-0.1, -0.05) is 55.4 Å². The van der Waals surface area contributed by atoms with E-state index in [0.717, 1.165) is 33.0 Å². The Bertz CT molecular complexity index is 927. The van der Waals surface area contributed by atoms with Gasteiger partial charge in [0, 0.05) is 164 Å². The molecule has 0 N–H and O–H groups in total. The summed E-state index contributed by atoms with van der Waals surface area (Å²) < 4.78 is 0. The van der Waals surface area contributed by atoms with E-state index in [9.17, 15) is 0 Å². The summed E-state index contributed by atoms with van der Waals surface area (Å²) in [7, 11) is 0. The molecule has 0 saturated heterocycles. The largest absolute Gasteiger partial charge is 0.226 e. The molecule has 0 nitrogen and oxygen atoms in total. The number of hydrogen-bond donors (Lipinski definition) is 0. The van der Waals surface area contributed by atoms with Crippen LogP contribution in [0.2, 0.25) is 0 Å². The van der Waals surface area contributed by atoms with E-state index < -0.39 is 0 Å². The Balaban J connectivity index is -0.000000148. The van der Waals surface area contributed by atoms with Crippen molar-refractivity contribution in [3.8, 4) is 22.3 Å². The fourth-order valence-corrected chi connectivity index (χ4v) is 2.64. The summed E-state index contributed by atoms with van der Waals surface area (Å²) in [6.07, 6.45) is 0. The van der Waals surface area contributed by atoms with Crippen molar-refractivity contribution in [2.75, 3.05) is 0 Å². The Labute approximate surface area is 342 Å². The van der Waals surface area contributed by atoms with Crippen LogP contribution in [0.1, 0.15) is 55.4 Å². The number of hydrogen-bond acceptors (Lipinski definition) is 0. The van der Waals surface area contributed by atoms with Crippen LogP contribution in [-0.2, 0) is 164 Å². The van der Waals surface area contributed by atoms with Gasteiger partial charge in [-0.2, -0.15) is 83.6 Å². The quantitative estimate of drug-likeness (QED) is 0.177. The van der Waals surface area contributed by atoms with Crippen molar-refractivity contribution in [3.05, 3.63) is 97.1 Å². The number of benzene rings is 4. The van der Waals surface area contributed by atoms with Gasteiger partial charge >= 0.3 is 0 Å². The second-order valence-corrected chi connectivity index (χ2v) is 5.10. The van der Waals surface area contributed by atoms with E-state index in [1.807, 2.05) is 104 Å². The molecule has 0 aliphatic carbocycles. The fraction of sp³-hybridized carbons (Fsp3) is 0.267. The fourth-order valence-electron chi connectivity index (χ4n) is 2.64. The molecule has 0 aliphatic heterocycles. The standard InChI is InChI=1S/C22H12.4C2H6.5Y/c1-3-8-17(9-4-1)19-14-15-22-20(16-19)12-7-13-21(22)18-10-5-2-6-11-18;4*1-2;;;;;/h1-8,10,12,14-15H;4*1-2H3;;;;;/q-4;;;;;;;;;. The van der Waals surface area contributed by atoms with Gasteiger partial charge in [0.2, 0.25) is 0 Å². The second-order valence-electron chi connectivity index (χ2n) is 5.10. The minimum absolute atomic E-state index is 0. The van der Waals surface area contributed by atoms with Crippen molar-refractivity contribution in [2.24, 2.45) is 0 Å². The molecule has 0 fully saturated rings. The molecule has 0 aliphatic rings. The Morgan fingerprint density at radius 3 is 1.37 bits per heavy atom. The number of rotatable bonds is 2. The van der Waals surface area contributed by atoms with Gasteiger partial charge in [0.1, 0.15) is 0 Å². The number of fused-ring (bicyclic) bond motifs is 1. The zero-order valence-corrected chi connectivity index (χ0v) is 37.0. The molecule has 0 bridgehead atoms. The zero-order valence-electron chi connectivity index (χ0n) is 22.8. The molecule has 0 unspecified atom stereocenters. The zero-order chi connectivity index (χ0) is 22.8. The summed E-state index contributed by atoms with van der Waals surface area (Å²) >= 11 is 0. The monoisotopic (exact) mass is 841 g/mol. The maximum absolute atomic E-state index is 3.49. The summed E-state index contributed by atoms with van der Waals surface area (Å²) in [5.41, 5.74) is 4.24. The molecule has 5 heteroatoms. The molecular weight excluding hydrogens is 805 g/mol. The summed E-state index contributed by atoms with van der Waals surface area (Å²) in [5.74, 6) is 0. The summed E-state index contributed by atoms with van der Waals surface area (Å²) in [5, 5.41) is 2.23. The SMILES string of the molecule is CC.CC.CC.CC.[Y].[Y].[Y].[Y].[Y].[c-]1ccccc1-c1[c-]c2cc[c-]c(-c3[c-]cccc3)c2cc1. The molecule has 5 radical (unpaired) electrons. The first-order valence-corrected chi connectivity index (χ1v) is 11.2. The third-order valence-corrected chi connectivity index (χ3v) is 3.70. The van der Waals surface area contributed by atoms with Crippen molar-refractivity contribution in [2.45, 2.75) is 55.4 Å². The molecule has 0 aromatic heterocycles. The van der Waals surface area contributed by atoms with Gasteiger partial charge < -0.3 is 0 Å². The van der Waals surface area contributed by atoms with Gasteiger partial charge in [-0.3, -0.25) is 0 Å². The van der Waals surface area contributed by atoms with Gasteiger partial charge in [0.05, 0.1) is 0 Å². The van der Waals surface area contributed by atoms with Crippen LogP contribution in [0.4, 0.5) is 0 Å². The molecule has 175 valence electrons. The van der Waals surface area contributed by atoms with E-state index in [-0.39, 0.29) is 164 Å². The Morgan fingerprint density at radius 2 is 0.914 bits per heavy atom. The third-order valence-electron chi connectivity index (χ3n) is 3.70. The molecule has 4 aromatic carbocycles. The molecule has 0 saturated carbocycles. The Kier molecular flexibility index (Phi) is 50.0. The van der Waals surface area contributed by atoms with Gasteiger partial charge in [-0.05, 0) is 0 Å².